The van der Waals surface area contributed by atoms with Gasteiger partial charge in [0.15, 0.2) is 0 Å². The first kappa shape index (κ1) is 39.4. The Morgan fingerprint density at radius 2 is 1.41 bits per heavy atom. The van der Waals surface area contributed by atoms with E-state index >= 15 is 0 Å². The van der Waals surface area contributed by atoms with E-state index in [1.807, 2.05) is 6.92 Å². The van der Waals surface area contributed by atoms with Gasteiger partial charge in [-0.25, -0.2) is 4.79 Å². The molecule has 49 heavy (non-hydrogen) atoms. The van der Waals surface area contributed by atoms with Crippen LogP contribution in [0.4, 0.5) is 50.0 Å². The van der Waals surface area contributed by atoms with E-state index in [0.29, 0.717) is 18.6 Å². The zero-order valence-electron chi connectivity index (χ0n) is 26.0. The van der Waals surface area contributed by atoms with Gasteiger partial charge in [0.05, 0.1) is 39.9 Å². The Labute approximate surface area is 275 Å². The topological polar surface area (TPSA) is 105 Å². The number of aryl methyl sites for hydroxylation is 1. The fourth-order valence-electron chi connectivity index (χ4n) is 4.85. The first-order chi connectivity index (χ1) is 22.5. The number of hydrogen-bond acceptors (Lipinski definition) is 7. The number of nitrogens with zero attached hydrogens (tertiary/aromatic N) is 1. The van der Waals surface area contributed by atoms with Crippen molar-refractivity contribution in [2.45, 2.75) is 75.7 Å². The van der Waals surface area contributed by atoms with E-state index < -0.39 is 70.1 Å². The van der Waals surface area contributed by atoms with Gasteiger partial charge in [-0.1, -0.05) is 24.6 Å². The average Bonchev–Trinajstić information content (AvgIpc) is 2.99. The van der Waals surface area contributed by atoms with E-state index in [-0.39, 0.29) is 40.8 Å². The average molecular weight is 731 g/mol. The summed E-state index contributed by atoms with van der Waals surface area (Å²) in [6, 6.07) is 8.22. The lowest BCUT2D eigenvalue weighted by Crippen LogP contribution is -2.44. The number of hydrogen-bond donors (Lipinski definition) is 2. The van der Waals surface area contributed by atoms with Crippen molar-refractivity contribution in [3.8, 4) is 0 Å². The maximum absolute atomic E-state index is 13.4. The molecule has 0 spiro atoms. The SMILES string of the molecule is CCOC(=O)ON1c2ccc(C(F)(F)F)cc2[C@@H](NCc2cc(C(F)(F)F)cc(C(F)(F)F)c2)C[C@H]1CC.Cc1ccc(S(=O)(=O)O)cc1. The van der Waals surface area contributed by atoms with Crippen LogP contribution in [0.25, 0.3) is 0 Å². The Morgan fingerprint density at radius 3 is 1.88 bits per heavy atom. The molecule has 270 valence electrons. The molecule has 2 atom stereocenters. The second-order valence-corrected chi connectivity index (χ2v) is 12.2. The second kappa shape index (κ2) is 15.2. The smallest absolute Gasteiger partial charge is 0.433 e. The van der Waals surface area contributed by atoms with Gasteiger partial charge in [0, 0.05) is 12.6 Å². The molecule has 2 N–H and O–H groups in total. The summed E-state index contributed by atoms with van der Waals surface area (Å²) in [5.74, 6) is 0. The molecular formula is C31H31F9N2O6S. The first-order valence-corrected chi connectivity index (χ1v) is 15.9. The third kappa shape index (κ3) is 10.7. The fourth-order valence-corrected chi connectivity index (χ4v) is 5.33. The summed E-state index contributed by atoms with van der Waals surface area (Å²) in [7, 11) is -4.02. The molecule has 0 radical (unpaired) electrons. The van der Waals surface area contributed by atoms with Crippen LogP contribution in [0.5, 0.6) is 0 Å². The van der Waals surface area contributed by atoms with Gasteiger partial charge in [-0.05, 0) is 86.3 Å². The van der Waals surface area contributed by atoms with Crippen LogP contribution in [0.1, 0.15) is 66.1 Å². The van der Waals surface area contributed by atoms with Crippen LogP contribution in [-0.2, 0) is 44.8 Å². The molecule has 0 aliphatic carbocycles. The van der Waals surface area contributed by atoms with Crippen molar-refractivity contribution >= 4 is 22.0 Å². The van der Waals surface area contributed by atoms with Gasteiger partial charge in [-0.3, -0.25) is 4.55 Å². The van der Waals surface area contributed by atoms with Gasteiger partial charge in [0.1, 0.15) is 0 Å². The van der Waals surface area contributed by atoms with Crippen LogP contribution >= 0.6 is 0 Å². The molecule has 1 aliphatic rings. The molecule has 1 aliphatic heterocycles. The summed E-state index contributed by atoms with van der Waals surface area (Å²) in [6.45, 7) is 4.54. The summed E-state index contributed by atoms with van der Waals surface area (Å²) < 4.78 is 154. The maximum atomic E-state index is 13.4. The molecule has 0 saturated heterocycles. The highest BCUT2D eigenvalue weighted by Gasteiger charge is 2.39. The molecule has 8 nitrogen and oxygen atoms in total. The normalized spacial score (nSPS) is 16.7. The van der Waals surface area contributed by atoms with Crippen LogP contribution in [0, 0.1) is 6.92 Å². The molecule has 3 aromatic rings. The number of carbonyl (C=O) groups excluding carboxylic acids is 1. The van der Waals surface area contributed by atoms with Gasteiger partial charge >= 0.3 is 24.7 Å². The van der Waals surface area contributed by atoms with Gasteiger partial charge < -0.3 is 14.9 Å². The predicted octanol–water partition coefficient (Wildman–Crippen LogP) is 8.89. The number of fused-ring (bicyclic) bond motifs is 1. The Hall–Kier alpha value is -4.03. The maximum Gasteiger partial charge on any atom is 0.533 e. The third-order valence-electron chi connectivity index (χ3n) is 7.23. The summed E-state index contributed by atoms with van der Waals surface area (Å²) in [6.07, 6.45) is -15.6. The Balaban J connectivity index is 0.000000501. The quantitative estimate of drug-likeness (QED) is 0.141. The number of halogens is 9. The molecule has 4 rings (SSSR count). The predicted molar refractivity (Wildman–Crippen MR) is 158 cm³/mol. The van der Waals surface area contributed by atoms with Crippen molar-refractivity contribution in [3.05, 3.63) is 94.0 Å². The van der Waals surface area contributed by atoms with E-state index in [1.54, 1.807) is 19.1 Å². The zero-order chi connectivity index (χ0) is 36.9. The number of hydroxylamine groups is 1. The highest BCUT2D eigenvalue weighted by atomic mass is 32.2. The number of nitrogens with one attached hydrogen (secondary N) is 1. The third-order valence-corrected chi connectivity index (χ3v) is 8.10. The van der Waals surface area contributed by atoms with Crippen molar-refractivity contribution in [3.63, 3.8) is 0 Å². The van der Waals surface area contributed by atoms with Crippen LogP contribution < -0.4 is 10.4 Å². The number of carbonyl (C=O) groups is 1. The van der Waals surface area contributed by atoms with Crippen LogP contribution in [0.15, 0.2) is 65.6 Å². The Bertz CT molecular complexity index is 1680. The number of anilines is 1. The molecule has 0 saturated carbocycles. The lowest BCUT2D eigenvalue weighted by atomic mass is 9.89. The second-order valence-electron chi connectivity index (χ2n) is 10.8. The number of benzene rings is 3. The number of ether oxygens (including phenoxy) is 1. The largest absolute Gasteiger partial charge is 0.533 e. The van der Waals surface area contributed by atoms with E-state index in [1.165, 1.54) is 19.1 Å². The monoisotopic (exact) mass is 730 g/mol. The fraction of sp³-hybridized carbons (Fsp3) is 0.387. The first-order valence-electron chi connectivity index (χ1n) is 14.5. The van der Waals surface area contributed by atoms with Gasteiger partial charge in [0.2, 0.25) is 0 Å². The van der Waals surface area contributed by atoms with Crippen molar-refractivity contribution in [1.29, 1.82) is 0 Å². The summed E-state index contributed by atoms with van der Waals surface area (Å²) in [4.78, 5) is 17.1. The van der Waals surface area contributed by atoms with E-state index in [9.17, 15) is 52.7 Å². The molecular weight excluding hydrogens is 699 g/mol. The number of alkyl halides is 9. The minimum atomic E-state index is -5.05. The Kier molecular flexibility index (Phi) is 12.3. The van der Waals surface area contributed by atoms with E-state index in [0.717, 1.165) is 28.8 Å². The van der Waals surface area contributed by atoms with Crippen molar-refractivity contribution in [2.24, 2.45) is 0 Å². The van der Waals surface area contributed by atoms with Crippen LogP contribution in [-0.4, -0.2) is 31.8 Å². The molecule has 0 aromatic heterocycles. The van der Waals surface area contributed by atoms with Crippen molar-refractivity contribution in [2.75, 3.05) is 11.7 Å². The van der Waals surface area contributed by atoms with Gasteiger partial charge in [0.25, 0.3) is 10.1 Å². The summed E-state index contributed by atoms with van der Waals surface area (Å²) >= 11 is 0. The summed E-state index contributed by atoms with van der Waals surface area (Å²) in [5.41, 5.74) is -3.39. The lowest BCUT2D eigenvalue weighted by Gasteiger charge is -2.40. The molecule has 3 aromatic carbocycles. The molecule has 0 fully saturated rings. The highest BCUT2D eigenvalue weighted by molar-refractivity contribution is 7.85. The van der Waals surface area contributed by atoms with Gasteiger partial charge in [-0.15, -0.1) is 0 Å². The standard InChI is InChI=1S/C24H23F9N2O3.C7H8O3S/c1-3-17-11-19(34-12-13-7-15(23(28,29)30)9-16(8-13)24(31,32)33)18-10-14(22(25,26)27)5-6-20(18)35(17)38-21(36)37-4-2;1-6-2-4-7(5-3-6)11(8,9)10/h5-10,17,19,34H,3-4,11-12H2,1-2H3;2-5H,1H3,(H,8,9,10)/t17-,19+;/m1./s1. The Morgan fingerprint density at radius 1 is 0.857 bits per heavy atom. The van der Waals surface area contributed by atoms with Crippen molar-refractivity contribution < 1.29 is 66.9 Å². The lowest BCUT2D eigenvalue weighted by molar-refractivity contribution is -0.143. The van der Waals surface area contributed by atoms with Gasteiger partial charge in [-0.2, -0.15) is 53.0 Å². The van der Waals surface area contributed by atoms with Crippen LogP contribution in [0.2, 0.25) is 0 Å². The number of rotatable bonds is 7. The van der Waals surface area contributed by atoms with Crippen LogP contribution in [0.3, 0.4) is 0 Å². The molecule has 18 heteroatoms. The van der Waals surface area contributed by atoms with E-state index in [4.69, 9.17) is 14.1 Å². The molecule has 0 unspecified atom stereocenters. The minimum Gasteiger partial charge on any atom is -0.433 e. The molecule has 1 heterocycles. The highest BCUT2D eigenvalue weighted by Crippen LogP contribution is 2.42. The summed E-state index contributed by atoms with van der Waals surface area (Å²) in [5, 5.41) is 3.90. The molecule has 0 amide bonds. The zero-order valence-corrected chi connectivity index (χ0v) is 26.8. The van der Waals surface area contributed by atoms with E-state index in [2.05, 4.69) is 5.32 Å². The minimum absolute atomic E-state index is 0.00292. The van der Waals surface area contributed by atoms with Crippen molar-refractivity contribution in [1.82, 2.24) is 5.32 Å². The molecule has 0 bridgehead atoms.